The Bertz CT molecular complexity index is 1420. The molecule has 0 unspecified atom stereocenters. The number of benzene rings is 3. The van der Waals surface area contributed by atoms with E-state index in [1.807, 2.05) is 73.7 Å². The van der Waals surface area contributed by atoms with Crippen molar-refractivity contribution in [3.63, 3.8) is 0 Å². The van der Waals surface area contributed by atoms with E-state index in [9.17, 15) is 19.2 Å². The fourth-order valence-corrected chi connectivity index (χ4v) is 4.80. The van der Waals surface area contributed by atoms with Gasteiger partial charge in [0.1, 0.15) is 24.4 Å². The number of hydrogen-bond donors (Lipinski definition) is 5. The molecule has 0 bridgehead atoms. The van der Waals surface area contributed by atoms with Crippen LogP contribution in [0.3, 0.4) is 0 Å². The molecule has 11 heteroatoms. The van der Waals surface area contributed by atoms with Crippen LogP contribution in [0.1, 0.15) is 60.8 Å². The van der Waals surface area contributed by atoms with Crippen LogP contribution in [-0.2, 0) is 38.7 Å². The second-order valence-corrected chi connectivity index (χ2v) is 11.3. The van der Waals surface area contributed by atoms with E-state index in [2.05, 4.69) is 16.0 Å². The molecule has 2 atom stereocenters. The quantitative estimate of drug-likeness (QED) is 0.113. The van der Waals surface area contributed by atoms with Gasteiger partial charge in [-0.05, 0) is 86.4 Å². The summed E-state index contributed by atoms with van der Waals surface area (Å²) in [5.41, 5.74) is 9.17. The zero-order valence-corrected chi connectivity index (χ0v) is 26.9. The molecule has 0 aliphatic carbocycles. The van der Waals surface area contributed by atoms with Crippen LogP contribution in [0.2, 0.25) is 0 Å². The van der Waals surface area contributed by atoms with Crippen LogP contribution in [-0.4, -0.2) is 54.2 Å². The molecule has 0 radical (unpaired) electrons. The molecule has 0 fully saturated rings. The number of ether oxygens (including phenoxy) is 2. The first-order chi connectivity index (χ1) is 22.7. The molecule has 0 heterocycles. The third-order valence-electron chi connectivity index (χ3n) is 7.54. The molecule has 3 aromatic carbocycles. The number of unbranched alkanes of at least 4 members (excludes halogenated alkanes) is 1. The van der Waals surface area contributed by atoms with Crippen LogP contribution in [0.5, 0.6) is 5.75 Å². The summed E-state index contributed by atoms with van der Waals surface area (Å²) in [5, 5.41) is 17.4. The Balaban J connectivity index is 1.69. The van der Waals surface area contributed by atoms with Crippen molar-refractivity contribution in [2.45, 2.75) is 77.1 Å². The van der Waals surface area contributed by atoms with Gasteiger partial charge in [-0.25, -0.2) is 4.79 Å². The number of aliphatic carboxylic acids is 1. The molecule has 6 N–H and O–H groups in total. The lowest BCUT2D eigenvalue weighted by Gasteiger charge is -2.23. The first-order valence-corrected chi connectivity index (χ1v) is 16.0. The van der Waals surface area contributed by atoms with Crippen LogP contribution in [0, 0.1) is 6.92 Å². The number of nitrogens with one attached hydrogen (secondary N) is 3. The fraction of sp³-hybridized carbons (Fsp3) is 0.389. The van der Waals surface area contributed by atoms with E-state index in [4.69, 9.17) is 20.3 Å². The Morgan fingerprint density at radius 2 is 1.49 bits per heavy atom. The van der Waals surface area contributed by atoms with Gasteiger partial charge in [0.25, 0.3) is 0 Å². The number of aryl methyl sites for hydroxylation is 2. The number of carboxylic acid groups (broad SMARTS) is 1. The van der Waals surface area contributed by atoms with Gasteiger partial charge >= 0.3 is 12.1 Å². The predicted molar refractivity (Wildman–Crippen MR) is 179 cm³/mol. The molecule has 0 spiro atoms. The molecule has 252 valence electrons. The van der Waals surface area contributed by atoms with E-state index >= 15 is 0 Å². The molecule has 3 amide bonds. The van der Waals surface area contributed by atoms with Gasteiger partial charge in [-0.15, -0.1) is 0 Å². The highest BCUT2D eigenvalue weighted by Gasteiger charge is 2.27. The van der Waals surface area contributed by atoms with Gasteiger partial charge in [-0.3, -0.25) is 14.4 Å². The summed E-state index contributed by atoms with van der Waals surface area (Å²) in [5.74, 6) is -1.32. The van der Waals surface area contributed by atoms with Crippen LogP contribution in [0.4, 0.5) is 4.79 Å². The van der Waals surface area contributed by atoms with Gasteiger partial charge in [0.05, 0.1) is 6.61 Å². The third kappa shape index (κ3) is 14.0. The highest BCUT2D eigenvalue weighted by atomic mass is 16.5. The number of rotatable bonds is 20. The van der Waals surface area contributed by atoms with Crippen molar-refractivity contribution in [3.05, 3.63) is 101 Å². The molecule has 0 aliphatic heterocycles. The largest absolute Gasteiger partial charge is 0.494 e. The van der Waals surface area contributed by atoms with Crippen molar-refractivity contribution in [3.8, 4) is 5.75 Å². The Hall–Kier alpha value is -4.90. The lowest BCUT2D eigenvalue weighted by Crippen LogP contribution is -2.53. The van der Waals surface area contributed by atoms with Crippen molar-refractivity contribution >= 4 is 23.9 Å². The molecule has 0 aromatic heterocycles. The maximum absolute atomic E-state index is 13.6. The number of carboxylic acids is 1. The lowest BCUT2D eigenvalue weighted by molar-refractivity contribution is -0.137. The van der Waals surface area contributed by atoms with Crippen molar-refractivity contribution in [1.82, 2.24) is 16.0 Å². The van der Waals surface area contributed by atoms with E-state index in [0.717, 1.165) is 35.1 Å². The lowest BCUT2D eigenvalue weighted by atomic mass is 10.0. The maximum Gasteiger partial charge on any atom is 0.408 e. The van der Waals surface area contributed by atoms with E-state index in [0.29, 0.717) is 31.7 Å². The zero-order valence-electron chi connectivity index (χ0n) is 26.9. The van der Waals surface area contributed by atoms with Crippen LogP contribution >= 0.6 is 0 Å². The standard InChI is InChI=1S/C36H46N4O7/c1-26-17-19-30(46-22-9-8-21-37)23-29(26)24-38-34(43)32(20-18-27-11-4-2-5-12-27)39-35(44)31(15-10-16-33(41)42)40-36(45)47-25-28-13-6-3-7-14-28/h2-7,11-14,17,19,23,31-32H,8-10,15-16,18,20-22,24-25,37H2,1H3,(H,38,43)(H,39,44)(H,40,45)(H,41,42)/t31-,32-/m0/s1. The molecular formula is C36H46N4O7. The number of carbonyl (C=O) groups excluding carboxylic acids is 3. The molecule has 0 saturated heterocycles. The summed E-state index contributed by atoms with van der Waals surface area (Å²) >= 11 is 0. The number of alkyl carbamates (subject to hydrolysis) is 1. The van der Waals surface area contributed by atoms with Gasteiger partial charge in [-0.2, -0.15) is 0 Å². The number of carbonyl (C=O) groups is 4. The first-order valence-electron chi connectivity index (χ1n) is 16.0. The first kappa shape index (κ1) is 36.6. The summed E-state index contributed by atoms with van der Waals surface area (Å²) in [4.78, 5) is 50.9. The monoisotopic (exact) mass is 646 g/mol. The van der Waals surface area contributed by atoms with Gasteiger partial charge in [0, 0.05) is 13.0 Å². The van der Waals surface area contributed by atoms with Crippen molar-refractivity contribution in [1.29, 1.82) is 0 Å². The SMILES string of the molecule is Cc1ccc(OCCCCN)cc1CNC(=O)[C@H](CCc1ccccc1)NC(=O)[C@H](CCCC(=O)O)NC(=O)OCc1ccccc1. The predicted octanol–water partition coefficient (Wildman–Crippen LogP) is 4.40. The minimum absolute atomic E-state index is 0.00238. The van der Waals surface area contributed by atoms with E-state index in [1.54, 1.807) is 12.1 Å². The second-order valence-electron chi connectivity index (χ2n) is 11.3. The van der Waals surface area contributed by atoms with E-state index < -0.39 is 30.1 Å². The zero-order chi connectivity index (χ0) is 33.9. The normalized spacial score (nSPS) is 12.0. The Labute approximate surface area is 276 Å². The topological polar surface area (TPSA) is 169 Å². The van der Waals surface area contributed by atoms with E-state index in [1.165, 1.54) is 0 Å². The molecule has 47 heavy (non-hydrogen) atoms. The van der Waals surface area contributed by atoms with Gasteiger partial charge in [0.2, 0.25) is 11.8 Å². The summed E-state index contributed by atoms with van der Waals surface area (Å²) in [6.07, 6.45) is 1.70. The van der Waals surface area contributed by atoms with Crippen LogP contribution in [0.25, 0.3) is 0 Å². The van der Waals surface area contributed by atoms with Crippen molar-refractivity contribution < 1.29 is 33.8 Å². The molecule has 3 aromatic rings. The third-order valence-corrected chi connectivity index (χ3v) is 7.54. The van der Waals surface area contributed by atoms with E-state index in [-0.39, 0.29) is 38.3 Å². The van der Waals surface area contributed by atoms with Crippen molar-refractivity contribution in [2.75, 3.05) is 13.2 Å². The molecule has 11 nitrogen and oxygen atoms in total. The molecule has 3 rings (SSSR count). The number of hydrogen-bond acceptors (Lipinski definition) is 7. The van der Waals surface area contributed by atoms with Gasteiger partial charge < -0.3 is 36.3 Å². The molecular weight excluding hydrogens is 600 g/mol. The summed E-state index contributed by atoms with van der Waals surface area (Å²) in [6.45, 7) is 3.31. The van der Waals surface area contributed by atoms with Gasteiger partial charge in [-0.1, -0.05) is 66.7 Å². The van der Waals surface area contributed by atoms with Crippen LogP contribution < -0.4 is 26.4 Å². The van der Waals surface area contributed by atoms with Crippen molar-refractivity contribution in [2.24, 2.45) is 5.73 Å². The highest BCUT2D eigenvalue weighted by molar-refractivity contribution is 5.91. The number of amides is 3. The maximum atomic E-state index is 13.6. The Kier molecular flexibility index (Phi) is 15.8. The second kappa shape index (κ2) is 20.3. The van der Waals surface area contributed by atoms with Crippen LogP contribution in [0.15, 0.2) is 78.9 Å². The summed E-state index contributed by atoms with van der Waals surface area (Å²) < 4.78 is 11.1. The average molecular weight is 647 g/mol. The van der Waals surface area contributed by atoms with Gasteiger partial charge in [0.15, 0.2) is 0 Å². The number of nitrogens with two attached hydrogens (primary N) is 1. The minimum Gasteiger partial charge on any atom is -0.494 e. The fourth-order valence-electron chi connectivity index (χ4n) is 4.80. The smallest absolute Gasteiger partial charge is 0.408 e. The highest BCUT2D eigenvalue weighted by Crippen LogP contribution is 2.18. The average Bonchev–Trinajstić information content (AvgIpc) is 3.07. The Morgan fingerprint density at radius 1 is 0.809 bits per heavy atom. The molecule has 0 saturated carbocycles. The Morgan fingerprint density at radius 3 is 2.17 bits per heavy atom. The summed E-state index contributed by atoms with van der Waals surface area (Å²) in [7, 11) is 0. The molecule has 0 aliphatic rings. The summed E-state index contributed by atoms with van der Waals surface area (Å²) in [6, 6.07) is 22.3. The minimum atomic E-state index is -1.11.